The molecule has 2 rings (SSSR count). The summed E-state index contributed by atoms with van der Waals surface area (Å²) in [5, 5.41) is 10.2. The van der Waals surface area contributed by atoms with Gasteiger partial charge in [0.25, 0.3) is 0 Å². The number of guanidine groups is 1. The number of rotatable bonds is 8. The highest BCUT2D eigenvalue weighted by Crippen LogP contribution is 2.10. The lowest BCUT2D eigenvalue weighted by molar-refractivity contribution is 0.372. The molecule has 142 valence electrons. The average Bonchev–Trinajstić information content (AvgIpc) is 3.02. The van der Waals surface area contributed by atoms with Crippen LogP contribution in [0, 0.1) is 6.92 Å². The molecule has 0 aliphatic rings. The average molecular weight is 379 g/mol. The molecule has 0 aliphatic heterocycles. The summed E-state index contributed by atoms with van der Waals surface area (Å²) in [6, 6.07) is 6.94. The summed E-state index contributed by atoms with van der Waals surface area (Å²) in [6.07, 6.45) is 3.55. The van der Waals surface area contributed by atoms with Crippen molar-refractivity contribution in [2.75, 3.05) is 26.4 Å². The summed E-state index contributed by atoms with van der Waals surface area (Å²) < 4.78 is 28.0. The molecule has 0 saturated heterocycles. The molecule has 0 unspecified atom stereocenters. The van der Waals surface area contributed by atoms with Gasteiger partial charge in [-0.25, -0.2) is 8.42 Å². The normalized spacial score (nSPS) is 12.2. The van der Waals surface area contributed by atoms with Gasteiger partial charge >= 0.3 is 0 Å². The molecule has 2 aromatic rings. The predicted octanol–water partition coefficient (Wildman–Crippen LogP) is 1.12. The van der Waals surface area contributed by atoms with E-state index in [-0.39, 0.29) is 0 Å². The van der Waals surface area contributed by atoms with Crippen LogP contribution in [0.5, 0.6) is 0 Å². The van der Waals surface area contributed by atoms with Gasteiger partial charge in [0.2, 0.25) is 5.89 Å². The standard InChI is InChI=1S/C17H25N5O3S/c1-13-21-16(25-22-13)5-4-11-19-17(18-2)20-12-10-14-6-8-15(9-7-14)26(3,23)24/h6-9H,4-5,10-12H2,1-3H3,(H2,18,19,20). The van der Waals surface area contributed by atoms with E-state index in [0.717, 1.165) is 37.3 Å². The maximum absolute atomic E-state index is 11.5. The second-order valence-corrected chi connectivity index (χ2v) is 7.95. The van der Waals surface area contributed by atoms with Crippen molar-refractivity contribution in [2.45, 2.75) is 31.1 Å². The number of aryl methyl sites for hydroxylation is 2. The Hall–Kier alpha value is -2.42. The van der Waals surface area contributed by atoms with E-state index < -0.39 is 9.84 Å². The number of nitrogens with one attached hydrogen (secondary N) is 2. The second kappa shape index (κ2) is 9.33. The van der Waals surface area contributed by atoms with E-state index in [2.05, 4.69) is 25.8 Å². The zero-order valence-corrected chi connectivity index (χ0v) is 16.1. The number of aliphatic imine (C=N–C) groups is 1. The summed E-state index contributed by atoms with van der Waals surface area (Å²) in [4.78, 5) is 8.68. The van der Waals surface area contributed by atoms with Gasteiger partial charge in [-0.15, -0.1) is 0 Å². The van der Waals surface area contributed by atoms with Crippen molar-refractivity contribution < 1.29 is 12.9 Å². The van der Waals surface area contributed by atoms with Crippen molar-refractivity contribution >= 4 is 15.8 Å². The first-order chi connectivity index (χ1) is 12.4. The van der Waals surface area contributed by atoms with Gasteiger partial charge in [0.1, 0.15) is 0 Å². The van der Waals surface area contributed by atoms with Gasteiger partial charge < -0.3 is 15.2 Å². The summed E-state index contributed by atoms with van der Waals surface area (Å²) in [7, 11) is -1.43. The van der Waals surface area contributed by atoms with Crippen molar-refractivity contribution in [3.05, 3.63) is 41.5 Å². The first kappa shape index (κ1) is 19.9. The van der Waals surface area contributed by atoms with Gasteiger partial charge in [-0.1, -0.05) is 17.3 Å². The second-order valence-electron chi connectivity index (χ2n) is 5.93. The maximum Gasteiger partial charge on any atom is 0.226 e. The Morgan fingerprint density at radius 2 is 1.85 bits per heavy atom. The minimum absolute atomic E-state index is 0.336. The van der Waals surface area contributed by atoms with Crippen LogP contribution >= 0.6 is 0 Å². The molecule has 9 heteroatoms. The molecule has 0 atom stereocenters. The molecule has 1 aromatic heterocycles. The van der Waals surface area contributed by atoms with E-state index in [9.17, 15) is 8.42 Å². The lowest BCUT2D eigenvalue weighted by Gasteiger charge is -2.11. The van der Waals surface area contributed by atoms with Crippen LogP contribution in [0.4, 0.5) is 0 Å². The third-order valence-corrected chi connectivity index (χ3v) is 4.84. The molecule has 0 fully saturated rings. The van der Waals surface area contributed by atoms with Crippen LogP contribution in [0.25, 0.3) is 0 Å². The minimum atomic E-state index is -3.15. The van der Waals surface area contributed by atoms with Crippen LogP contribution in [0.3, 0.4) is 0 Å². The van der Waals surface area contributed by atoms with Gasteiger partial charge in [0, 0.05) is 32.8 Å². The van der Waals surface area contributed by atoms with E-state index in [1.165, 1.54) is 6.26 Å². The monoisotopic (exact) mass is 379 g/mol. The van der Waals surface area contributed by atoms with Gasteiger partial charge in [-0.3, -0.25) is 4.99 Å². The summed E-state index contributed by atoms with van der Waals surface area (Å²) in [5.41, 5.74) is 1.06. The molecule has 0 amide bonds. The third kappa shape index (κ3) is 6.47. The summed E-state index contributed by atoms with van der Waals surface area (Å²) in [5.74, 6) is 2.01. The first-order valence-corrected chi connectivity index (χ1v) is 10.3. The largest absolute Gasteiger partial charge is 0.356 e. The van der Waals surface area contributed by atoms with Gasteiger partial charge in [-0.05, 0) is 37.5 Å². The molecule has 0 aliphatic carbocycles. The third-order valence-electron chi connectivity index (χ3n) is 3.71. The minimum Gasteiger partial charge on any atom is -0.356 e. The number of sulfone groups is 1. The van der Waals surface area contributed by atoms with Crippen LogP contribution in [-0.4, -0.2) is 50.9 Å². The zero-order valence-electron chi connectivity index (χ0n) is 15.3. The van der Waals surface area contributed by atoms with Crippen LogP contribution in [0.15, 0.2) is 38.7 Å². The molecule has 1 aromatic carbocycles. The SMILES string of the molecule is CN=C(NCCCc1nc(C)no1)NCCc1ccc(S(C)(=O)=O)cc1. The molecule has 0 spiro atoms. The molecule has 0 bridgehead atoms. The van der Waals surface area contributed by atoms with Crippen molar-refractivity contribution in [3.63, 3.8) is 0 Å². The Bertz CT molecular complexity index is 828. The van der Waals surface area contributed by atoms with Crippen LogP contribution in [-0.2, 0) is 22.7 Å². The highest BCUT2D eigenvalue weighted by molar-refractivity contribution is 7.90. The Morgan fingerprint density at radius 1 is 1.15 bits per heavy atom. The Morgan fingerprint density at radius 3 is 2.42 bits per heavy atom. The first-order valence-electron chi connectivity index (χ1n) is 8.41. The van der Waals surface area contributed by atoms with Crippen molar-refractivity contribution in [2.24, 2.45) is 4.99 Å². The Kier molecular flexibility index (Phi) is 7.14. The topological polar surface area (TPSA) is 109 Å². The lowest BCUT2D eigenvalue weighted by Crippen LogP contribution is -2.38. The fourth-order valence-electron chi connectivity index (χ4n) is 2.34. The van der Waals surface area contributed by atoms with E-state index in [1.54, 1.807) is 26.1 Å². The van der Waals surface area contributed by atoms with E-state index >= 15 is 0 Å². The quantitative estimate of drug-likeness (QED) is 0.402. The zero-order chi connectivity index (χ0) is 19.0. The van der Waals surface area contributed by atoms with Gasteiger partial charge in [0.15, 0.2) is 21.6 Å². The molecule has 0 radical (unpaired) electrons. The molecular weight excluding hydrogens is 354 g/mol. The molecule has 8 nitrogen and oxygen atoms in total. The van der Waals surface area contributed by atoms with E-state index in [0.29, 0.717) is 23.2 Å². The Balaban J connectivity index is 1.68. The van der Waals surface area contributed by atoms with Crippen molar-refractivity contribution in [3.8, 4) is 0 Å². The fourth-order valence-corrected chi connectivity index (χ4v) is 2.97. The van der Waals surface area contributed by atoms with Crippen molar-refractivity contribution in [1.82, 2.24) is 20.8 Å². The number of hydrogen-bond acceptors (Lipinski definition) is 6. The molecule has 2 N–H and O–H groups in total. The van der Waals surface area contributed by atoms with Crippen molar-refractivity contribution in [1.29, 1.82) is 0 Å². The molecule has 0 saturated carbocycles. The highest BCUT2D eigenvalue weighted by atomic mass is 32.2. The Labute approximate surface area is 154 Å². The predicted molar refractivity (Wildman–Crippen MR) is 100.0 cm³/mol. The van der Waals surface area contributed by atoms with Crippen LogP contribution in [0.2, 0.25) is 0 Å². The van der Waals surface area contributed by atoms with E-state index in [1.807, 2.05) is 12.1 Å². The van der Waals surface area contributed by atoms with Gasteiger partial charge in [-0.2, -0.15) is 4.98 Å². The maximum atomic E-state index is 11.5. The lowest BCUT2D eigenvalue weighted by atomic mass is 10.1. The van der Waals surface area contributed by atoms with E-state index in [4.69, 9.17) is 4.52 Å². The number of benzene rings is 1. The number of nitrogens with zero attached hydrogens (tertiary/aromatic N) is 3. The summed E-state index contributed by atoms with van der Waals surface area (Å²) in [6.45, 7) is 3.23. The molecular formula is C17H25N5O3S. The number of aromatic nitrogens is 2. The van der Waals surface area contributed by atoms with Crippen LogP contribution in [0.1, 0.15) is 23.7 Å². The smallest absolute Gasteiger partial charge is 0.226 e. The number of hydrogen-bond donors (Lipinski definition) is 2. The molecule has 26 heavy (non-hydrogen) atoms. The van der Waals surface area contributed by atoms with Gasteiger partial charge in [0.05, 0.1) is 4.90 Å². The highest BCUT2D eigenvalue weighted by Gasteiger charge is 2.06. The van der Waals surface area contributed by atoms with Crippen LogP contribution < -0.4 is 10.6 Å². The molecule has 1 heterocycles. The fraction of sp³-hybridized carbons (Fsp3) is 0.471. The summed E-state index contributed by atoms with van der Waals surface area (Å²) >= 11 is 0.